The molecule has 0 aliphatic rings. The van der Waals surface area contributed by atoms with Crippen LogP contribution in [0.1, 0.15) is 104 Å². The number of rotatable bonds is 16. The second-order valence-electron chi connectivity index (χ2n) is 10.0. The van der Waals surface area contributed by atoms with Gasteiger partial charge < -0.3 is 20.3 Å². The van der Waals surface area contributed by atoms with Crippen LogP contribution in [0.25, 0.3) is 0 Å². The number of amides is 3. The number of nitrogens with zero attached hydrogens (tertiary/aromatic N) is 1. The van der Waals surface area contributed by atoms with E-state index in [2.05, 4.69) is 24.5 Å². The smallest absolute Gasteiger partial charge is 0.408 e. The van der Waals surface area contributed by atoms with Gasteiger partial charge in [-0.15, -0.1) is 0 Å². The predicted molar refractivity (Wildman–Crippen MR) is 141 cm³/mol. The van der Waals surface area contributed by atoms with Gasteiger partial charge in [0.05, 0.1) is 0 Å². The molecule has 1 aromatic carbocycles. The van der Waals surface area contributed by atoms with Gasteiger partial charge in [0.25, 0.3) is 0 Å². The molecule has 1 aromatic rings. The van der Waals surface area contributed by atoms with Crippen molar-refractivity contribution in [1.82, 2.24) is 15.5 Å². The molecule has 0 aliphatic carbocycles. The molecule has 0 saturated carbocycles. The third-order valence-corrected chi connectivity index (χ3v) is 5.61. The molecule has 0 heterocycles. The fourth-order valence-corrected chi connectivity index (χ4v) is 3.82. The maximum Gasteiger partial charge on any atom is 0.408 e. The molecule has 0 radical (unpaired) electrons. The summed E-state index contributed by atoms with van der Waals surface area (Å²) >= 11 is 0. The van der Waals surface area contributed by atoms with Crippen LogP contribution in [0.2, 0.25) is 0 Å². The molecule has 0 aliphatic heterocycles. The summed E-state index contributed by atoms with van der Waals surface area (Å²) in [7, 11) is 0. The van der Waals surface area contributed by atoms with E-state index in [1.165, 1.54) is 19.3 Å². The highest BCUT2D eigenvalue weighted by Crippen LogP contribution is 2.23. The van der Waals surface area contributed by atoms with Gasteiger partial charge in [-0.25, -0.2) is 4.79 Å². The van der Waals surface area contributed by atoms with E-state index in [9.17, 15) is 14.4 Å². The normalized spacial score (nSPS) is 12.0. The number of hydrogen-bond acceptors (Lipinski definition) is 4. The van der Waals surface area contributed by atoms with Crippen molar-refractivity contribution in [3.05, 3.63) is 35.9 Å². The first kappa shape index (κ1) is 30.5. The summed E-state index contributed by atoms with van der Waals surface area (Å²) in [6.07, 6.45) is 8.80. The second-order valence-corrected chi connectivity index (χ2v) is 10.0. The maximum atomic E-state index is 13.4. The van der Waals surface area contributed by atoms with E-state index in [0.29, 0.717) is 13.1 Å². The summed E-state index contributed by atoms with van der Waals surface area (Å²) in [6.45, 7) is 10.4. The number of nitrogens with one attached hydrogen (secondary N) is 2. The van der Waals surface area contributed by atoms with Crippen molar-refractivity contribution >= 4 is 17.9 Å². The molecule has 7 heteroatoms. The van der Waals surface area contributed by atoms with Crippen molar-refractivity contribution in [2.45, 2.75) is 104 Å². The lowest BCUT2D eigenvalue weighted by Gasteiger charge is -2.32. The van der Waals surface area contributed by atoms with Crippen LogP contribution in [0, 0.1) is 0 Å². The van der Waals surface area contributed by atoms with Gasteiger partial charge in [0, 0.05) is 13.1 Å². The summed E-state index contributed by atoms with van der Waals surface area (Å²) in [5.74, 6) is -0.495. The Kier molecular flexibility index (Phi) is 14.8. The van der Waals surface area contributed by atoms with Crippen molar-refractivity contribution in [2.75, 3.05) is 19.6 Å². The summed E-state index contributed by atoms with van der Waals surface area (Å²) in [5, 5.41) is 5.58. The van der Waals surface area contributed by atoms with Crippen LogP contribution in [-0.4, -0.2) is 48.0 Å². The van der Waals surface area contributed by atoms with Crippen molar-refractivity contribution < 1.29 is 19.1 Å². The monoisotopic (exact) mass is 489 g/mol. The number of ether oxygens (including phenoxy) is 1. The zero-order chi connectivity index (χ0) is 26.1. The minimum Gasteiger partial charge on any atom is -0.444 e. The van der Waals surface area contributed by atoms with Gasteiger partial charge in [-0.05, 0) is 39.2 Å². The average molecular weight is 490 g/mol. The van der Waals surface area contributed by atoms with Crippen LogP contribution in [0.3, 0.4) is 0 Å². The molecular weight excluding hydrogens is 442 g/mol. The van der Waals surface area contributed by atoms with Crippen LogP contribution in [0.4, 0.5) is 4.79 Å². The van der Waals surface area contributed by atoms with Gasteiger partial charge in [0.15, 0.2) is 0 Å². The molecule has 35 heavy (non-hydrogen) atoms. The lowest BCUT2D eigenvalue weighted by Crippen LogP contribution is -2.48. The quantitative estimate of drug-likeness (QED) is 0.290. The third kappa shape index (κ3) is 13.2. The molecule has 0 aromatic heterocycles. The Balaban J connectivity index is 3.01. The molecule has 2 N–H and O–H groups in total. The van der Waals surface area contributed by atoms with E-state index in [0.717, 1.165) is 44.1 Å². The molecule has 1 rings (SSSR count). The SMILES string of the molecule is CCCCCCCCN(C(=O)CNC(=O)OC(C)(C)C)C(C(=O)NCCCCC)c1ccccc1. The number of hydrogen-bond donors (Lipinski definition) is 2. The van der Waals surface area contributed by atoms with Crippen LogP contribution in [0.5, 0.6) is 0 Å². The number of benzene rings is 1. The van der Waals surface area contributed by atoms with Crippen molar-refractivity contribution in [3.63, 3.8) is 0 Å². The second kappa shape index (κ2) is 17.0. The Hall–Kier alpha value is -2.57. The van der Waals surface area contributed by atoms with Crippen LogP contribution < -0.4 is 10.6 Å². The van der Waals surface area contributed by atoms with E-state index < -0.39 is 17.7 Å². The van der Waals surface area contributed by atoms with E-state index in [1.54, 1.807) is 25.7 Å². The van der Waals surface area contributed by atoms with E-state index >= 15 is 0 Å². The lowest BCUT2D eigenvalue weighted by atomic mass is 10.0. The van der Waals surface area contributed by atoms with Crippen LogP contribution in [0.15, 0.2) is 30.3 Å². The Morgan fingerprint density at radius 2 is 1.46 bits per heavy atom. The van der Waals surface area contributed by atoms with E-state index in [-0.39, 0.29) is 18.4 Å². The highest BCUT2D eigenvalue weighted by atomic mass is 16.6. The Labute approximate surface area is 212 Å². The number of carbonyl (C=O) groups is 3. The molecule has 7 nitrogen and oxygen atoms in total. The van der Waals surface area contributed by atoms with Crippen LogP contribution in [-0.2, 0) is 14.3 Å². The van der Waals surface area contributed by atoms with Gasteiger partial charge >= 0.3 is 6.09 Å². The minimum absolute atomic E-state index is 0.191. The fraction of sp³-hybridized carbons (Fsp3) is 0.679. The molecule has 0 bridgehead atoms. The Morgan fingerprint density at radius 3 is 2.09 bits per heavy atom. The molecule has 0 saturated heterocycles. The maximum absolute atomic E-state index is 13.4. The minimum atomic E-state index is -0.749. The number of unbranched alkanes of at least 4 members (excludes halogenated alkanes) is 7. The Morgan fingerprint density at radius 1 is 0.857 bits per heavy atom. The molecular formula is C28H47N3O4. The van der Waals surface area contributed by atoms with E-state index in [4.69, 9.17) is 4.74 Å². The first-order valence-corrected chi connectivity index (χ1v) is 13.3. The third-order valence-electron chi connectivity index (χ3n) is 5.61. The number of carbonyl (C=O) groups excluding carboxylic acids is 3. The summed E-state index contributed by atoms with van der Waals surface area (Å²) in [4.78, 5) is 40.4. The number of alkyl carbamates (subject to hydrolysis) is 1. The van der Waals surface area contributed by atoms with Gasteiger partial charge in [-0.2, -0.15) is 0 Å². The van der Waals surface area contributed by atoms with Crippen molar-refractivity contribution in [2.24, 2.45) is 0 Å². The summed E-state index contributed by atoms with van der Waals surface area (Å²) in [5.41, 5.74) is 0.105. The molecule has 198 valence electrons. The summed E-state index contributed by atoms with van der Waals surface area (Å²) < 4.78 is 5.27. The first-order chi connectivity index (χ1) is 16.7. The van der Waals surface area contributed by atoms with Crippen molar-refractivity contribution in [3.8, 4) is 0 Å². The van der Waals surface area contributed by atoms with Crippen molar-refractivity contribution in [1.29, 1.82) is 0 Å². The fourth-order valence-electron chi connectivity index (χ4n) is 3.82. The highest BCUT2D eigenvalue weighted by Gasteiger charge is 2.31. The molecule has 0 fully saturated rings. The van der Waals surface area contributed by atoms with Crippen LogP contribution >= 0.6 is 0 Å². The largest absolute Gasteiger partial charge is 0.444 e. The topological polar surface area (TPSA) is 87.7 Å². The first-order valence-electron chi connectivity index (χ1n) is 13.3. The zero-order valence-corrected chi connectivity index (χ0v) is 22.5. The average Bonchev–Trinajstić information content (AvgIpc) is 2.81. The van der Waals surface area contributed by atoms with E-state index in [1.807, 2.05) is 30.3 Å². The highest BCUT2D eigenvalue weighted by molar-refractivity contribution is 5.90. The van der Waals surface area contributed by atoms with Gasteiger partial charge in [-0.1, -0.05) is 89.1 Å². The summed E-state index contributed by atoms with van der Waals surface area (Å²) in [6, 6.07) is 8.64. The standard InChI is InChI=1S/C28H47N3O4/c1-6-8-10-11-12-17-21-31(24(32)22-30-27(34)35-28(3,4)5)25(23-18-14-13-15-19-23)26(33)29-20-16-9-7-2/h13-15,18-19,25H,6-12,16-17,20-22H2,1-5H3,(H,29,33)(H,30,34). The molecule has 0 spiro atoms. The lowest BCUT2D eigenvalue weighted by molar-refractivity contribution is -0.140. The molecule has 1 unspecified atom stereocenters. The van der Waals surface area contributed by atoms with Gasteiger partial charge in [0.1, 0.15) is 18.2 Å². The Bertz CT molecular complexity index is 746. The molecule has 3 amide bonds. The predicted octanol–water partition coefficient (Wildman–Crippen LogP) is 5.75. The van der Waals surface area contributed by atoms with Gasteiger partial charge in [-0.3, -0.25) is 9.59 Å². The zero-order valence-electron chi connectivity index (χ0n) is 22.5. The molecule has 1 atom stereocenters. The van der Waals surface area contributed by atoms with Gasteiger partial charge in [0.2, 0.25) is 11.8 Å².